The van der Waals surface area contributed by atoms with Crippen molar-refractivity contribution in [2.75, 3.05) is 13.7 Å². The Bertz CT molecular complexity index is 238. The van der Waals surface area contributed by atoms with Gasteiger partial charge in [0.25, 0.3) is 0 Å². The summed E-state index contributed by atoms with van der Waals surface area (Å²) in [6, 6.07) is 5.47. The second-order valence-electron chi connectivity index (χ2n) is 2.37. The van der Waals surface area contributed by atoms with E-state index >= 15 is 0 Å². The summed E-state index contributed by atoms with van der Waals surface area (Å²) in [5.74, 6) is 1.21. The Hall–Kier alpha value is -1.25. The van der Waals surface area contributed by atoms with Crippen LogP contribution in [0.5, 0.6) is 11.8 Å². The van der Waals surface area contributed by atoms with Crippen molar-refractivity contribution in [2.24, 2.45) is 0 Å². The van der Waals surface area contributed by atoms with Crippen LogP contribution in [0.2, 0.25) is 0 Å². The van der Waals surface area contributed by atoms with E-state index in [9.17, 15) is 0 Å². The Labute approximate surface area is 72.3 Å². The maximum atomic E-state index is 5.31. The van der Waals surface area contributed by atoms with Crippen LogP contribution in [0.4, 0.5) is 0 Å². The fraction of sp³-hybridized carbons (Fsp3) is 0.444. The van der Waals surface area contributed by atoms with Crippen molar-refractivity contribution in [3.05, 3.63) is 18.2 Å². The molecule has 0 saturated heterocycles. The third-order valence-corrected chi connectivity index (χ3v) is 1.36. The van der Waals surface area contributed by atoms with Crippen LogP contribution in [-0.4, -0.2) is 18.7 Å². The number of rotatable bonds is 4. The first-order chi connectivity index (χ1) is 5.86. The summed E-state index contributed by atoms with van der Waals surface area (Å²) in [6.45, 7) is 2.75. The van der Waals surface area contributed by atoms with Crippen molar-refractivity contribution in [3.63, 3.8) is 0 Å². The van der Waals surface area contributed by atoms with Crippen LogP contribution >= 0.6 is 0 Å². The van der Waals surface area contributed by atoms with Crippen molar-refractivity contribution < 1.29 is 9.47 Å². The predicted molar refractivity (Wildman–Crippen MR) is 46.6 cm³/mol. The minimum Gasteiger partial charge on any atom is -0.481 e. The first kappa shape index (κ1) is 8.84. The molecular formula is C9H13NO2. The first-order valence-electron chi connectivity index (χ1n) is 4.00. The van der Waals surface area contributed by atoms with E-state index in [0.717, 1.165) is 6.42 Å². The lowest BCUT2D eigenvalue weighted by atomic mass is 10.4. The average Bonchev–Trinajstić information content (AvgIpc) is 2.15. The smallest absolute Gasteiger partial charge is 0.216 e. The minimum atomic E-state index is 0.587. The van der Waals surface area contributed by atoms with Crippen molar-refractivity contribution in [3.8, 4) is 11.8 Å². The number of methoxy groups -OCH3 is 1. The minimum absolute atomic E-state index is 0.587. The van der Waals surface area contributed by atoms with Crippen LogP contribution in [0.15, 0.2) is 18.2 Å². The molecule has 0 spiro atoms. The molecule has 3 heteroatoms. The van der Waals surface area contributed by atoms with Gasteiger partial charge in [-0.05, 0) is 6.42 Å². The summed E-state index contributed by atoms with van der Waals surface area (Å²) in [7, 11) is 1.59. The number of ether oxygens (including phenoxy) is 2. The maximum Gasteiger partial charge on any atom is 0.216 e. The van der Waals surface area contributed by atoms with E-state index in [4.69, 9.17) is 9.47 Å². The highest BCUT2D eigenvalue weighted by Gasteiger charge is 1.96. The van der Waals surface area contributed by atoms with Crippen LogP contribution in [-0.2, 0) is 0 Å². The van der Waals surface area contributed by atoms with E-state index in [1.807, 2.05) is 12.1 Å². The van der Waals surface area contributed by atoms with Gasteiger partial charge in [0.2, 0.25) is 11.8 Å². The van der Waals surface area contributed by atoms with Gasteiger partial charge in [0.05, 0.1) is 13.7 Å². The topological polar surface area (TPSA) is 31.4 Å². The lowest BCUT2D eigenvalue weighted by molar-refractivity contribution is 0.297. The van der Waals surface area contributed by atoms with Gasteiger partial charge in [-0.2, -0.15) is 4.98 Å². The lowest BCUT2D eigenvalue weighted by Crippen LogP contribution is -1.97. The zero-order valence-electron chi connectivity index (χ0n) is 7.41. The molecule has 0 atom stereocenters. The largest absolute Gasteiger partial charge is 0.481 e. The molecular weight excluding hydrogens is 154 g/mol. The molecule has 66 valence electrons. The summed E-state index contributed by atoms with van der Waals surface area (Å²) in [5, 5.41) is 0. The third-order valence-electron chi connectivity index (χ3n) is 1.36. The second kappa shape index (κ2) is 4.59. The molecule has 0 saturated carbocycles. The highest BCUT2D eigenvalue weighted by Crippen LogP contribution is 2.12. The Kier molecular flexibility index (Phi) is 3.38. The van der Waals surface area contributed by atoms with Gasteiger partial charge in [0.15, 0.2) is 0 Å². The molecule has 0 unspecified atom stereocenters. The molecule has 0 fully saturated rings. The number of hydrogen-bond donors (Lipinski definition) is 0. The molecule has 0 bridgehead atoms. The van der Waals surface area contributed by atoms with Crippen LogP contribution in [0, 0.1) is 0 Å². The number of aromatic nitrogens is 1. The molecule has 0 aliphatic carbocycles. The van der Waals surface area contributed by atoms with Gasteiger partial charge < -0.3 is 9.47 Å². The van der Waals surface area contributed by atoms with Crippen LogP contribution in [0.3, 0.4) is 0 Å². The first-order valence-corrected chi connectivity index (χ1v) is 4.00. The van der Waals surface area contributed by atoms with Crippen molar-refractivity contribution in [1.82, 2.24) is 4.98 Å². The van der Waals surface area contributed by atoms with Crippen molar-refractivity contribution in [2.45, 2.75) is 13.3 Å². The molecule has 0 radical (unpaired) electrons. The van der Waals surface area contributed by atoms with E-state index in [1.165, 1.54) is 0 Å². The highest BCUT2D eigenvalue weighted by molar-refractivity contribution is 5.19. The van der Waals surface area contributed by atoms with Crippen molar-refractivity contribution >= 4 is 0 Å². The van der Waals surface area contributed by atoms with Crippen LogP contribution in [0.1, 0.15) is 13.3 Å². The Morgan fingerprint density at radius 2 is 2.08 bits per heavy atom. The van der Waals surface area contributed by atoms with Gasteiger partial charge >= 0.3 is 0 Å². The molecule has 0 amide bonds. The van der Waals surface area contributed by atoms with Gasteiger partial charge in [0.1, 0.15) is 0 Å². The Morgan fingerprint density at radius 3 is 2.75 bits per heavy atom. The number of hydrogen-bond acceptors (Lipinski definition) is 3. The predicted octanol–water partition coefficient (Wildman–Crippen LogP) is 1.88. The molecule has 0 N–H and O–H groups in total. The molecule has 0 aromatic carbocycles. The van der Waals surface area contributed by atoms with Gasteiger partial charge in [0, 0.05) is 12.1 Å². The summed E-state index contributed by atoms with van der Waals surface area (Å²) < 4.78 is 10.3. The van der Waals surface area contributed by atoms with Gasteiger partial charge in [-0.25, -0.2) is 0 Å². The van der Waals surface area contributed by atoms with Gasteiger partial charge in [-0.15, -0.1) is 0 Å². The molecule has 0 aliphatic heterocycles. The van der Waals surface area contributed by atoms with E-state index in [0.29, 0.717) is 18.4 Å². The van der Waals surface area contributed by atoms with Crippen LogP contribution in [0.25, 0.3) is 0 Å². The SMILES string of the molecule is CCCOc1cccc(OC)n1. The van der Waals surface area contributed by atoms with Crippen molar-refractivity contribution in [1.29, 1.82) is 0 Å². The van der Waals surface area contributed by atoms with Crippen LogP contribution < -0.4 is 9.47 Å². The quantitative estimate of drug-likeness (QED) is 0.686. The summed E-state index contributed by atoms with van der Waals surface area (Å²) in [4.78, 5) is 4.08. The normalized spacial score (nSPS) is 9.50. The summed E-state index contributed by atoms with van der Waals surface area (Å²) in [5.41, 5.74) is 0. The molecule has 1 aromatic rings. The summed E-state index contributed by atoms with van der Waals surface area (Å²) >= 11 is 0. The lowest BCUT2D eigenvalue weighted by Gasteiger charge is -2.04. The maximum absolute atomic E-state index is 5.31. The van der Waals surface area contributed by atoms with E-state index in [1.54, 1.807) is 13.2 Å². The van der Waals surface area contributed by atoms with E-state index < -0.39 is 0 Å². The Balaban J connectivity index is 2.60. The molecule has 12 heavy (non-hydrogen) atoms. The molecule has 1 rings (SSSR count). The summed E-state index contributed by atoms with van der Waals surface area (Å²) in [6.07, 6.45) is 0.985. The standard InChI is InChI=1S/C9H13NO2/c1-3-7-12-9-6-4-5-8(10-9)11-2/h4-6H,3,7H2,1-2H3. The fourth-order valence-electron chi connectivity index (χ4n) is 0.797. The Morgan fingerprint density at radius 1 is 1.33 bits per heavy atom. The molecule has 1 heterocycles. The zero-order valence-corrected chi connectivity index (χ0v) is 7.41. The number of nitrogens with zero attached hydrogens (tertiary/aromatic N) is 1. The van der Waals surface area contributed by atoms with Gasteiger partial charge in [-0.1, -0.05) is 13.0 Å². The molecule has 3 nitrogen and oxygen atoms in total. The fourth-order valence-corrected chi connectivity index (χ4v) is 0.797. The average molecular weight is 167 g/mol. The zero-order chi connectivity index (χ0) is 8.81. The molecule has 1 aromatic heterocycles. The second-order valence-corrected chi connectivity index (χ2v) is 2.37. The number of pyridine rings is 1. The monoisotopic (exact) mass is 167 g/mol. The highest BCUT2D eigenvalue weighted by atomic mass is 16.5. The van der Waals surface area contributed by atoms with Gasteiger partial charge in [-0.3, -0.25) is 0 Å². The molecule has 0 aliphatic rings. The van der Waals surface area contributed by atoms with E-state index in [2.05, 4.69) is 11.9 Å². The third kappa shape index (κ3) is 2.42. The van der Waals surface area contributed by atoms with E-state index in [-0.39, 0.29) is 0 Å².